The number of hydrogen-bond donors (Lipinski definition) is 1. The monoisotopic (exact) mass is 297 g/mol. The SMILES string of the molecule is CN1CCN(C(=O)CN2CCCCC2CCC(=O)O)CC1. The van der Waals surface area contributed by atoms with E-state index in [1.807, 2.05) is 4.90 Å². The molecule has 2 saturated heterocycles. The average molecular weight is 297 g/mol. The van der Waals surface area contributed by atoms with Crippen molar-refractivity contribution in [1.82, 2.24) is 14.7 Å². The van der Waals surface area contributed by atoms with Crippen LogP contribution in [0.2, 0.25) is 0 Å². The van der Waals surface area contributed by atoms with Gasteiger partial charge in [-0.1, -0.05) is 6.42 Å². The Balaban J connectivity index is 1.83. The van der Waals surface area contributed by atoms with Crippen LogP contribution in [0, 0.1) is 0 Å². The van der Waals surface area contributed by atoms with Crippen molar-refractivity contribution < 1.29 is 14.7 Å². The van der Waals surface area contributed by atoms with Crippen molar-refractivity contribution >= 4 is 11.9 Å². The minimum Gasteiger partial charge on any atom is -0.481 e. The fourth-order valence-electron chi connectivity index (χ4n) is 3.21. The normalized spacial score (nSPS) is 25.0. The molecule has 2 aliphatic heterocycles. The number of likely N-dealkylation sites (N-methyl/N-ethyl adjacent to an activating group) is 1. The number of carbonyl (C=O) groups excluding carboxylic acids is 1. The lowest BCUT2D eigenvalue weighted by atomic mass is 9.98. The molecule has 6 heteroatoms. The van der Waals surface area contributed by atoms with Gasteiger partial charge in [-0.3, -0.25) is 14.5 Å². The smallest absolute Gasteiger partial charge is 0.303 e. The fourth-order valence-corrected chi connectivity index (χ4v) is 3.21. The number of piperidine rings is 1. The van der Waals surface area contributed by atoms with Crippen LogP contribution in [0.5, 0.6) is 0 Å². The molecule has 2 aliphatic rings. The summed E-state index contributed by atoms with van der Waals surface area (Å²) in [7, 11) is 2.08. The Labute approximate surface area is 126 Å². The zero-order chi connectivity index (χ0) is 15.2. The van der Waals surface area contributed by atoms with Crippen LogP contribution in [0.1, 0.15) is 32.1 Å². The number of piperazine rings is 1. The van der Waals surface area contributed by atoms with Gasteiger partial charge in [0.25, 0.3) is 0 Å². The number of aliphatic carboxylic acids is 1. The molecule has 0 saturated carbocycles. The molecule has 1 unspecified atom stereocenters. The molecule has 6 nitrogen and oxygen atoms in total. The predicted molar refractivity (Wildman–Crippen MR) is 80.2 cm³/mol. The fraction of sp³-hybridized carbons (Fsp3) is 0.867. The second-order valence-electron chi connectivity index (χ2n) is 6.24. The highest BCUT2D eigenvalue weighted by atomic mass is 16.4. The van der Waals surface area contributed by atoms with Crippen molar-refractivity contribution in [2.75, 3.05) is 46.3 Å². The molecule has 0 aliphatic carbocycles. The second kappa shape index (κ2) is 7.75. The number of carboxylic acid groups (broad SMARTS) is 1. The van der Waals surface area contributed by atoms with E-state index in [-0.39, 0.29) is 18.4 Å². The highest BCUT2D eigenvalue weighted by Crippen LogP contribution is 2.21. The van der Waals surface area contributed by atoms with Gasteiger partial charge in [0.1, 0.15) is 0 Å². The molecule has 0 bridgehead atoms. The number of nitrogens with zero attached hydrogens (tertiary/aromatic N) is 3. The standard InChI is InChI=1S/C15H27N3O3/c1-16-8-10-17(11-9-16)14(19)12-18-7-3-2-4-13(18)5-6-15(20)21/h13H,2-12H2,1H3,(H,20,21). The first-order valence-corrected chi connectivity index (χ1v) is 7.98. The molecule has 2 fully saturated rings. The third-order valence-corrected chi connectivity index (χ3v) is 4.63. The van der Waals surface area contributed by atoms with Gasteiger partial charge in [0.15, 0.2) is 0 Å². The van der Waals surface area contributed by atoms with Gasteiger partial charge in [-0.15, -0.1) is 0 Å². The van der Waals surface area contributed by atoms with Gasteiger partial charge >= 0.3 is 5.97 Å². The number of likely N-dealkylation sites (tertiary alicyclic amines) is 1. The molecular formula is C15H27N3O3. The number of carboxylic acids is 1. The first-order chi connectivity index (χ1) is 10.1. The second-order valence-corrected chi connectivity index (χ2v) is 6.24. The quantitative estimate of drug-likeness (QED) is 0.799. The lowest BCUT2D eigenvalue weighted by molar-refractivity contribution is -0.137. The first kappa shape index (κ1) is 16.2. The summed E-state index contributed by atoms with van der Waals surface area (Å²) in [6, 6.07) is 0.256. The highest BCUT2D eigenvalue weighted by Gasteiger charge is 2.27. The van der Waals surface area contributed by atoms with E-state index in [2.05, 4.69) is 16.8 Å². The highest BCUT2D eigenvalue weighted by molar-refractivity contribution is 5.78. The molecule has 0 radical (unpaired) electrons. The predicted octanol–water partition coefficient (Wildman–Crippen LogP) is 0.480. The third kappa shape index (κ3) is 4.97. The lowest BCUT2D eigenvalue weighted by Crippen LogP contribution is -2.52. The number of carbonyl (C=O) groups is 2. The minimum absolute atomic E-state index is 0.198. The number of amides is 1. The molecule has 1 N–H and O–H groups in total. The summed E-state index contributed by atoms with van der Waals surface area (Å²) in [5, 5.41) is 8.84. The molecule has 2 heterocycles. The molecule has 0 aromatic heterocycles. The Bertz CT molecular complexity index is 367. The van der Waals surface area contributed by atoms with Crippen LogP contribution in [-0.4, -0.2) is 84.0 Å². The summed E-state index contributed by atoms with van der Waals surface area (Å²) < 4.78 is 0. The largest absolute Gasteiger partial charge is 0.481 e. The Morgan fingerprint density at radius 2 is 1.81 bits per heavy atom. The maximum Gasteiger partial charge on any atom is 0.303 e. The zero-order valence-corrected chi connectivity index (χ0v) is 13.0. The van der Waals surface area contributed by atoms with E-state index in [1.54, 1.807) is 0 Å². The van der Waals surface area contributed by atoms with E-state index in [4.69, 9.17) is 5.11 Å². The van der Waals surface area contributed by atoms with E-state index in [9.17, 15) is 9.59 Å². The summed E-state index contributed by atoms with van der Waals surface area (Å²) in [6.07, 6.45) is 4.13. The van der Waals surface area contributed by atoms with Crippen LogP contribution in [0.15, 0.2) is 0 Å². The third-order valence-electron chi connectivity index (χ3n) is 4.63. The molecule has 1 amide bonds. The topological polar surface area (TPSA) is 64.1 Å². The van der Waals surface area contributed by atoms with Crippen LogP contribution >= 0.6 is 0 Å². The molecule has 0 aromatic carbocycles. The van der Waals surface area contributed by atoms with Crippen LogP contribution < -0.4 is 0 Å². The summed E-state index contributed by atoms with van der Waals surface area (Å²) >= 11 is 0. The molecule has 1 atom stereocenters. The summed E-state index contributed by atoms with van der Waals surface area (Å²) in [4.78, 5) is 29.5. The van der Waals surface area contributed by atoms with Crippen molar-refractivity contribution in [1.29, 1.82) is 0 Å². The van der Waals surface area contributed by atoms with Crippen molar-refractivity contribution in [3.63, 3.8) is 0 Å². The molecule has 2 rings (SSSR count). The van der Waals surface area contributed by atoms with Gasteiger partial charge in [0, 0.05) is 38.6 Å². The van der Waals surface area contributed by atoms with Crippen molar-refractivity contribution in [2.24, 2.45) is 0 Å². The summed E-state index contributed by atoms with van der Waals surface area (Å²) in [6.45, 7) is 4.87. The minimum atomic E-state index is -0.745. The molecular weight excluding hydrogens is 270 g/mol. The Morgan fingerprint density at radius 3 is 2.48 bits per heavy atom. The van der Waals surface area contributed by atoms with Crippen LogP contribution in [0.25, 0.3) is 0 Å². The van der Waals surface area contributed by atoms with E-state index < -0.39 is 5.97 Å². The maximum absolute atomic E-state index is 12.4. The molecule has 0 spiro atoms. The van der Waals surface area contributed by atoms with Gasteiger partial charge < -0.3 is 14.9 Å². The van der Waals surface area contributed by atoms with E-state index in [0.29, 0.717) is 13.0 Å². The maximum atomic E-state index is 12.4. The molecule has 0 aromatic rings. The summed E-state index contributed by atoms with van der Waals surface area (Å²) in [5.74, 6) is -0.545. The summed E-state index contributed by atoms with van der Waals surface area (Å²) in [5.41, 5.74) is 0. The number of hydrogen-bond acceptors (Lipinski definition) is 4. The average Bonchev–Trinajstić information content (AvgIpc) is 2.47. The van der Waals surface area contributed by atoms with Crippen LogP contribution in [0.3, 0.4) is 0 Å². The van der Waals surface area contributed by atoms with Crippen molar-refractivity contribution in [3.05, 3.63) is 0 Å². The zero-order valence-electron chi connectivity index (χ0n) is 13.0. The van der Waals surface area contributed by atoms with Crippen molar-refractivity contribution in [2.45, 2.75) is 38.1 Å². The van der Waals surface area contributed by atoms with Crippen LogP contribution in [0.4, 0.5) is 0 Å². The van der Waals surface area contributed by atoms with Crippen LogP contribution in [-0.2, 0) is 9.59 Å². The first-order valence-electron chi connectivity index (χ1n) is 7.98. The van der Waals surface area contributed by atoms with Gasteiger partial charge in [-0.25, -0.2) is 0 Å². The lowest BCUT2D eigenvalue weighted by Gasteiger charge is -2.38. The Kier molecular flexibility index (Phi) is 5.99. The van der Waals surface area contributed by atoms with Gasteiger partial charge in [-0.2, -0.15) is 0 Å². The van der Waals surface area contributed by atoms with Gasteiger partial charge in [0.2, 0.25) is 5.91 Å². The molecule has 21 heavy (non-hydrogen) atoms. The Hall–Kier alpha value is -1.14. The number of rotatable bonds is 5. The van der Waals surface area contributed by atoms with E-state index >= 15 is 0 Å². The van der Waals surface area contributed by atoms with Crippen molar-refractivity contribution in [3.8, 4) is 0 Å². The van der Waals surface area contributed by atoms with Gasteiger partial charge in [0.05, 0.1) is 6.54 Å². The van der Waals surface area contributed by atoms with E-state index in [0.717, 1.165) is 52.0 Å². The van der Waals surface area contributed by atoms with Gasteiger partial charge in [-0.05, 0) is 32.9 Å². The Morgan fingerprint density at radius 1 is 1.10 bits per heavy atom. The molecule has 120 valence electrons. The van der Waals surface area contributed by atoms with E-state index in [1.165, 1.54) is 0 Å².